The minimum Gasteiger partial charge on any atom is -0.508 e. The molecule has 0 atom stereocenters. The van der Waals surface area contributed by atoms with E-state index >= 15 is 0 Å². The molecular weight excluding hydrogens is 279 g/mol. The molecule has 3 rings (SSSR count). The first kappa shape index (κ1) is 15.1. The number of phenolic OH excluding ortho intramolecular Hbond substituents is 2. The molecule has 21 heavy (non-hydrogen) atoms. The van der Waals surface area contributed by atoms with Gasteiger partial charge in [0.2, 0.25) is 0 Å². The Kier molecular flexibility index (Phi) is 5.81. The summed E-state index contributed by atoms with van der Waals surface area (Å²) in [5.74, 6) is 0.339. The van der Waals surface area contributed by atoms with Crippen molar-refractivity contribution in [1.29, 1.82) is 0 Å². The van der Waals surface area contributed by atoms with E-state index in [1.54, 1.807) is 0 Å². The van der Waals surface area contributed by atoms with Crippen LogP contribution in [-0.4, -0.2) is 10.2 Å². The summed E-state index contributed by atoms with van der Waals surface area (Å²) < 4.78 is 0. The monoisotopic (exact) mass is 296 g/mol. The summed E-state index contributed by atoms with van der Waals surface area (Å²) in [6.45, 7) is 0. The molecule has 0 aliphatic rings. The Labute approximate surface area is 126 Å². The molecule has 0 aromatic heterocycles. The van der Waals surface area contributed by atoms with Crippen molar-refractivity contribution < 1.29 is 10.2 Å². The molecule has 2 nitrogen and oxygen atoms in total. The lowest BCUT2D eigenvalue weighted by Crippen LogP contribution is -2.01. The van der Waals surface area contributed by atoms with Crippen molar-refractivity contribution in [3.05, 3.63) is 84.9 Å². The molecule has 106 valence electrons. The molecule has 0 fully saturated rings. The van der Waals surface area contributed by atoms with Crippen LogP contribution in [-0.2, 0) is 0 Å². The first-order valence-corrected chi connectivity index (χ1v) is 7.59. The fourth-order valence-electron chi connectivity index (χ4n) is 1.66. The lowest BCUT2D eigenvalue weighted by molar-refractivity contribution is 0.460. The summed E-state index contributed by atoms with van der Waals surface area (Å²) >= 11 is 0. The highest BCUT2D eigenvalue weighted by Gasteiger charge is 1.92. The number of hydrogen-bond acceptors (Lipinski definition) is 2. The highest BCUT2D eigenvalue weighted by Crippen LogP contribution is 2.13. The smallest absolute Gasteiger partial charge is 0.115 e. The molecular formula is C18H17O2P. The van der Waals surface area contributed by atoms with Crippen LogP contribution < -0.4 is 10.6 Å². The van der Waals surface area contributed by atoms with Crippen LogP contribution in [0.5, 0.6) is 11.5 Å². The van der Waals surface area contributed by atoms with Gasteiger partial charge in [0.25, 0.3) is 0 Å². The number of rotatable bonds is 2. The van der Waals surface area contributed by atoms with Gasteiger partial charge < -0.3 is 10.2 Å². The summed E-state index contributed by atoms with van der Waals surface area (Å²) in [5.41, 5.74) is 0. The van der Waals surface area contributed by atoms with E-state index in [1.165, 1.54) is 34.9 Å². The van der Waals surface area contributed by atoms with Crippen LogP contribution in [0.1, 0.15) is 0 Å². The molecule has 3 aromatic rings. The minimum atomic E-state index is 0.169. The topological polar surface area (TPSA) is 40.5 Å². The molecule has 0 heterocycles. The summed E-state index contributed by atoms with van der Waals surface area (Å²) in [5, 5.41) is 20.1. The second kappa shape index (κ2) is 8.08. The largest absolute Gasteiger partial charge is 0.508 e. The Balaban J connectivity index is 0.000000173. The Hall–Kier alpha value is -2.31. The molecule has 3 aromatic carbocycles. The van der Waals surface area contributed by atoms with E-state index in [4.69, 9.17) is 10.2 Å². The third-order valence-electron chi connectivity index (χ3n) is 2.69. The van der Waals surface area contributed by atoms with Crippen molar-refractivity contribution in [2.75, 3.05) is 0 Å². The van der Waals surface area contributed by atoms with Gasteiger partial charge in [0.05, 0.1) is 0 Å². The van der Waals surface area contributed by atoms with E-state index in [2.05, 4.69) is 60.7 Å². The molecule has 3 heteroatoms. The summed E-state index contributed by atoms with van der Waals surface area (Å²) in [7, 11) is 0.777. The third kappa shape index (κ3) is 5.68. The van der Waals surface area contributed by atoms with Crippen LogP contribution in [0.25, 0.3) is 0 Å². The van der Waals surface area contributed by atoms with Gasteiger partial charge in [0.15, 0.2) is 0 Å². The van der Waals surface area contributed by atoms with Gasteiger partial charge in [-0.1, -0.05) is 69.2 Å². The Morgan fingerprint density at radius 3 is 1.14 bits per heavy atom. The lowest BCUT2D eigenvalue weighted by Gasteiger charge is -2.00. The normalized spacial score (nSPS) is 9.52. The standard InChI is InChI=1S/C12H11P.C6H6O2/c1-3-7-11(8-4-1)13-12-9-5-2-6-10-12;7-5-1-2-6(8)4-3-5/h1-10,13H;1-4,7-8H. The lowest BCUT2D eigenvalue weighted by atomic mass is 10.3. The van der Waals surface area contributed by atoms with Gasteiger partial charge in [0, 0.05) is 0 Å². The van der Waals surface area contributed by atoms with Crippen LogP contribution in [0.4, 0.5) is 0 Å². The second-order valence-corrected chi connectivity index (χ2v) is 5.78. The molecule has 0 spiro atoms. The summed E-state index contributed by atoms with van der Waals surface area (Å²) in [4.78, 5) is 0. The van der Waals surface area contributed by atoms with E-state index in [1.807, 2.05) is 0 Å². The average Bonchev–Trinajstić information content (AvgIpc) is 2.53. The predicted molar refractivity (Wildman–Crippen MR) is 90.2 cm³/mol. The Bertz CT molecular complexity index is 579. The predicted octanol–water partition coefficient (Wildman–Crippen LogP) is 3.41. The van der Waals surface area contributed by atoms with Gasteiger partial charge >= 0.3 is 0 Å². The van der Waals surface area contributed by atoms with E-state index in [-0.39, 0.29) is 11.5 Å². The molecule has 0 aliphatic carbocycles. The maximum absolute atomic E-state index is 8.65. The van der Waals surface area contributed by atoms with E-state index < -0.39 is 0 Å². The van der Waals surface area contributed by atoms with Crippen LogP contribution in [0.15, 0.2) is 84.9 Å². The fourth-order valence-corrected chi connectivity index (χ4v) is 2.71. The Morgan fingerprint density at radius 2 is 0.810 bits per heavy atom. The Morgan fingerprint density at radius 1 is 0.476 bits per heavy atom. The number of phenols is 2. The number of aromatic hydroxyl groups is 2. The maximum atomic E-state index is 8.65. The molecule has 0 amide bonds. The zero-order valence-electron chi connectivity index (χ0n) is 11.5. The van der Waals surface area contributed by atoms with Gasteiger partial charge in [-0.2, -0.15) is 0 Å². The van der Waals surface area contributed by atoms with Crippen molar-refractivity contribution in [1.82, 2.24) is 0 Å². The quantitative estimate of drug-likeness (QED) is 0.562. The molecule has 0 saturated carbocycles. The zero-order chi connectivity index (χ0) is 14.9. The molecule has 0 bridgehead atoms. The van der Waals surface area contributed by atoms with Gasteiger partial charge in [-0.15, -0.1) is 0 Å². The van der Waals surface area contributed by atoms with Crippen LogP contribution in [0.3, 0.4) is 0 Å². The fraction of sp³-hybridized carbons (Fsp3) is 0. The van der Waals surface area contributed by atoms with Crippen molar-refractivity contribution >= 4 is 19.2 Å². The third-order valence-corrected chi connectivity index (χ3v) is 3.93. The highest BCUT2D eigenvalue weighted by molar-refractivity contribution is 7.55. The second-order valence-electron chi connectivity index (χ2n) is 4.37. The van der Waals surface area contributed by atoms with Gasteiger partial charge in [-0.25, -0.2) is 0 Å². The number of hydrogen-bond donors (Lipinski definition) is 2. The van der Waals surface area contributed by atoms with Gasteiger partial charge in [-0.05, 0) is 34.9 Å². The van der Waals surface area contributed by atoms with Crippen molar-refractivity contribution in [3.8, 4) is 11.5 Å². The first-order chi connectivity index (χ1) is 10.2. The molecule has 0 radical (unpaired) electrons. The van der Waals surface area contributed by atoms with Crippen molar-refractivity contribution in [3.63, 3.8) is 0 Å². The zero-order valence-corrected chi connectivity index (χ0v) is 12.5. The average molecular weight is 296 g/mol. The first-order valence-electron chi connectivity index (χ1n) is 6.59. The number of benzene rings is 3. The van der Waals surface area contributed by atoms with Gasteiger partial charge in [0.1, 0.15) is 11.5 Å². The minimum absolute atomic E-state index is 0.169. The van der Waals surface area contributed by atoms with Crippen LogP contribution in [0, 0.1) is 0 Å². The highest BCUT2D eigenvalue weighted by atomic mass is 31.1. The van der Waals surface area contributed by atoms with Crippen LogP contribution >= 0.6 is 8.58 Å². The maximum Gasteiger partial charge on any atom is 0.115 e. The van der Waals surface area contributed by atoms with Crippen molar-refractivity contribution in [2.24, 2.45) is 0 Å². The van der Waals surface area contributed by atoms with E-state index in [0.29, 0.717) is 0 Å². The summed E-state index contributed by atoms with van der Waals surface area (Å²) in [6, 6.07) is 26.9. The van der Waals surface area contributed by atoms with Crippen molar-refractivity contribution in [2.45, 2.75) is 0 Å². The summed E-state index contributed by atoms with van der Waals surface area (Å²) in [6.07, 6.45) is 0. The SMILES string of the molecule is Oc1ccc(O)cc1.c1ccc(Pc2ccccc2)cc1. The molecule has 0 saturated heterocycles. The van der Waals surface area contributed by atoms with E-state index in [0.717, 1.165) is 8.58 Å². The van der Waals surface area contributed by atoms with E-state index in [9.17, 15) is 0 Å². The van der Waals surface area contributed by atoms with Gasteiger partial charge in [-0.3, -0.25) is 0 Å². The molecule has 2 N–H and O–H groups in total. The van der Waals surface area contributed by atoms with Crippen LogP contribution in [0.2, 0.25) is 0 Å². The molecule has 0 aliphatic heterocycles. The molecule has 0 unspecified atom stereocenters.